The standard InChI is InChI=1S/C34H54N2O3/c1-10-19-36(39-9)28(38)31(5)16-15-30(4)17-18-33(7)22(23(30)21-31)20-24(37)27-32(6)13-12-26(35)29(2,3)25(32)11-14-34(27,33)8/h10,20,23,25-27H,1,11-19,21,35H2,2-9H3/t23-,25?,26-,27+,30+,31-,32-,33+,34+/m0/s1. The Hall–Kier alpha value is -1.46. The number of hydroxylamine groups is 2. The zero-order valence-corrected chi connectivity index (χ0v) is 26.0. The molecular weight excluding hydrogens is 484 g/mol. The van der Waals surface area contributed by atoms with Crippen LogP contribution < -0.4 is 5.73 Å². The largest absolute Gasteiger partial charge is 0.327 e. The molecule has 4 saturated carbocycles. The molecule has 5 heteroatoms. The van der Waals surface area contributed by atoms with Gasteiger partial charge in [0.2, 0.25) is 0 Å². The Labute approximate surface area is 237 Å². The van der Waals surface area contributed by atoms with Gasteiger partial charge >= 0.3 is 0 Å². The van der Waals surface area contributed by atoms with Gasteiger partial charge in [-0.05, 0) is 103 Å². The third-order valence-corrected chi connectivity index (χ3v) is 13.9. The molecule has 0 spiro atoms. The number of hydrogen-bond donors (Lipinski definition) is 1. The quantitative estimate of drug-likeness (QED) is 0.313. The lowest BCUT2D eigenvalue weighted by atomic mass is 9.33. The van der Waals surface area contributed by atoms with Crippen molar-refractivity contribution < 1.29 is 14.4 Å². The van der Waals surface area contributed by atoms with E-state index in [0.717, 1.165) is 57.8 Å². The van der Waals surface area contributed by atoms with Crippen molar-refractivity contribution in [3.05, 3.63) is 24.3 Å². The smallest absolute Gasteiger partial charge is 0.252 e. The summed E-state index contributed by atoms with van der Waals surface area (Å²) in [5.74, 6) is 1.10. The summed E-state index contributed by atoms with van der Waals surface area (Å²) in [6, 6.07) is 0.195. The minimum Gasteiger partial charge on any atom is -0.327 e. The van der Waals surface area contributed by atoms with Crippen LogP contribution in [0, 0.1) is 50.2 Å². The zero-order chi connectivity index (χ0) is 28.8. The fourth-order valence-electron chi connectivity index (χ4n) is 11.1. The van der Waals surface area contributed by atoms with Crippen molar-refractivity contribution in [1.29, 1.82) is 0 Å². The van der Waals surface area contributed by atoms with E-state index in [1.807, 2.05) is 0 Å². The molecule has 1 unspecified atom stereocenters. The van der Waals surface area contributed by atoms with Crippen LogP contribution in [0.2, 0.25) is 0 Å². The maximum atomic E-state index is 14.5. The van der Waals surface area contributed by atoms with Gasteiger partial charge in [0.15, 0.2) is 5.78 Å². The van der Waals surface area contributed by atoms with E-state index < -0.39 is 5.41 Å². The maximum Gasteiger partial charge on any atom is 0.252 e. The molecular formula is C34H54N2O3. The number of carbonyl (C=O) groups excluding carboxylic acids is 2. The van der Waals surface area contributed by atoms with E-state index >= 15 is 0 Å². The molecule has 9 atom stereocenters. The second kappa shape index (κ2) is 9.02. The van der Waals surface area contributed by atoms with Gasteiger partial charge in [0, 0.05) is 17.4 Å². The van der Waals surface area contributed by atoms with Crippen LogP contribution in [0.4, 0.5) is 0 Å². The monoisotopic (exact) mass is 538 g/mol. The van der Waals surface area contributed by atoms with Gasteiger partial charge in [0.05, 0.1) is 13.7 Å². The summed E-state index contributed by atoms with van der Waals surface area (Å²) in [4.78, 5) is 33.7. The molecule has 0 aromatic rings. The fourth-order valence-corrected chi connectivity index (χ4v) is 11.1. The lowest BCUT2D eigenvalue weighted by Gasteiger charge is -2.70. The van der Waals surface area contributed by atoms with E-state index in [1.165, 1.54) is 10.6 Å². The molecule has 0 bridgehead atoms. The third kappa shape index (κ3) is 3.77. The molecule has 0 saturated heterocycles. The highest BCUT2D eigenvalue weighted by Gasteiger charge is 2.70. The first-order chi connectivity index (χ1) is 18.0. The summed E-state index contributed by atoms with van der Waals surface area (Å²) in [7, 11) is 1.56. The molecule has 5 aliphatic carbocycles. The van der Waals surface area contributed by atoms with Crippen molar-refractivity contribution in [2.75, 3.05) is 13.7 Å². The number of ketones is 1. The Morgan fingerprint density at radius 1 is 1.05 bits per heavy atom. The van der Waals surface area contributed by atoms with Crippen molar-refractivity contribution in [2.45, 2.75) is 112 Å². The van der Waals surface area contributed by atoms with E-state index in [4.69, 9.17) is 10.6 Å². The molecule has 0 aromatic carbocycles. The minimum atomic E-state index is -0.518. The van der Waals surface area contributed by atoms with Crippen LogP contribution in [0.15, 0.2) is 24.3 Å². The summed E-state index contributed by atoms with van der Waals surface area (Å²) in [5.41, 5.74) is 7.51. The van der Waals surface area contributed by atoms with Gasteiger partial charge in [-0.3, -0.25) is 14.4 Å². The third-order valence-electron chi connectivity index (χ3n) is 13.9. The van der Waals surface area contributed by atoms with Gasteiger partial charge in [-0.25, -0.2) is 5.06 Å². The molecule has 218 valence electrons. The van der Waals surface area contributed by atoms with Gasteiger partial charge in [-0.1, -0.05) is 60.1 Å². The lowest BCUT2D eigenvalue weighted by Crippen LogP contribution is -2.67. The van der Waals surface area contributed by atoms with Crippen molar-refractivity contribution in [3.8, 4) is 0 Å². The topological polar surface area (TPSA) is 72.6 Å². The van der Waals surface area contributed by atoms with Crippen molar-refractivity contribution in [1.82, 2.24) is 5.06 Å². The average molecular weight is 539 g/mol. The first kappa shape index (κ1) is 29.0. The first-order valence-electron chi connectivity index (χ1n) is 15.5. The number of amides is 1. The van der Waals surface area contributed by atoms with E-state index in [1.54, 1.807) is 13.2 Å². The maximum absolute atomic E-state index is 14.5. The van der Waals surface area contributed by atoms with Crippen molar-refractivity contribution in [3.63, 3.8) is 0 Å². The molecule has 2 N–H and O–H groups in total. The van der Waals surface area contributed by atoms with Crippen LogP contribution >= 0.6 is 0 Å². The van der Waals surface area contributed by atoms with E-state index in [2.05, 4.69) is 61.1 Å². The van der Waals surface area contributed by atoms with Crippen LogP contribution in [-0.2, 0) is 14.4 Å². The molecule has 1 amide bonds. The van der Waals surface area contributed by atoms with Crippen LogP contribution in [0.1, 0.15) is 106 Å². The lowest BCUT2D eigenvalue weighted by molar-refractivity contribution is -0.194. The van der Waals surface area contributed by atoms with Gasteiger partial charge < -0.3 is 5.73 Å². The Kier molecular flexibility index (Phi) is 6.72. The summed E-state index contributed by atoms with van der Waals surface area (Å²) >= 11 is 0. The minimum absolute atomic E-state index is 0.0295. The molecule has 5 nitrogen and oxygen atoms in total. The highest BCUT2D eigenvalue weighted by atomic mass is 16.7. The summed E-state index contributed by atoms with van der Waals surface area (Å²) in [6.07, 6.45) is 13.0. The van der Waals surface area contributed by atoms with Crippen LogP contribution in [0.3, 0.4) is 0 Å². The second-order valence-corrected chi connectivity index (χ2v) is 16.1. The molecule has 0 aromatic heterocycles. The first-order valence-corrected chi connectivity index (χ1v) is 15.5. The molecule has 5 aliphatic rings. The van der Waals surface area contributed by atoms with E-state index in [-0.39, 0.29) is 50.9 Å². The zero-order valence-electron chi connectivity index (χ0n) is 26.0. The summed E-state index contributed by atoms with van der Waals surface area (Å²) in [6.45, 7) is 20.8. The number of fused-ring (bicyclic) bond motifs is 7. The molecule has 5 rings (SSSR count). The molecule has 0 radical (unpaired) electrons. The molecule has 0 heterocycles. The molecule has 39 heavy (non-hydrogen) atoms. The van der Waals surface area contributed by atoms with Crippen molar-refractivity contribution >= 4 is 11.7 Å². The number of hydrogen-bond acceptors (Lipinski definition) is 4. The molecule has 0 aliphatic heterocycles. The Bertz CT molecular complexity index is 1100. The Morgan fingerprint density at radius 2 is 1.72 bits per heavy atom. The summed E-state index contributed by atoms with van der Waals surface area (Å²) in [5, 5.41) is 1.47. The number of rotatable bonds is 4. The number of nitrogens with two attached hydrogens (primary N) is 1. The van der Waals surface area contributed by atoms with Crippen molar-refractivity contribution in [2.24, 2.45) is 56.0 Å². The highest BCUT2D eigenvalue weighted by Crippen LogP contribution is 2.75. The Morgan fingerprint density at radius 3 is 2.36 bits per heavy atom. The number of allylic oxidation sites excluding steroid dienone is 2. The van der Waals surface area contributed by atoms with Gasteiger partial charge in [-0.2, -0.15) is 0 Å². The van der Waals surface area contributed by atoms with Gasteiger partial charge in [-0.15, -0.1) is 6.58 Å². The summed E-state index contributed by atoms with van der Waals surface area (Å²) < 4.78 is 0. The fraction of sp³-hybridized carbons (Fsp3) is 0.824. The predicted octanol–water partition coefficient (Wildman–Crippen LogP) is 6.87. The average Bonchev–Trinajstić information content (AvgIpc) is 2.87. The van der Waals surface area contributed by atoms with E-state index in [0.29, 0.717) is 18.2 Å². The van der Waals surface area contributed by atoms with Gasteiger partial charge in [0.25, 0.3) is 5.91 Å². The van der Waals surface area contributed by atoms with Crippen LogP contribution in [-0.4, -0.2) is 36.5 Å². The predicted molar refractivity (Wildman–Crippen MR) is 156 cm³/mol. The highest BCUT2D eigenvalue weighted by molar-refractivity contribution is 5.95. The van der Waals surface area contributed by atoms with Gasteiger partial charge in [0.1, 0.15) is 0 Å². The SMILES string of the molecule is C=CCN(OC)C(=O)[C@@]1(C)CC[C@]2(C)CC[C@]3(C)C(=CC(=O)[C@@H]4[C@@]5(C)CC[C@H](N)C(C)(C)C5CC[C@]43C)[C@@H]2C1. The van der Waals surface area contributed by atoms with Crippen LogP contribution in [0.25, 0.3) is 0 Å². The second-order valence-electron chi connectivity index (χ2n) is 16.1. The van der Waals surface area contributed by atoms with Crippen LogP contribution in [0.5, 0.6) is 0 Å². The molecule has 4 fully saturated rings. The number of carbonyl (C=O) groups is 2. The number of nitrogens with zero attached hydrogens (tertiary/aromatic N) is 1. The normalized spacial score (nSPS) is 48.5. The Balaban J connectivity index is 1.56. The van der Waals surface area contributed by atoms with E-state index in [9.17, 15) is 9.59 Å².